The van der Waals surface area contributed by atoms with E-state index in [0.717, 1.165) is 24.8 Å². The maximum absolute atomic E-state index is 12.6. The van der Waals surface area contributed by atoms with Crippen LogP contribution in [-0.4, -0.2) is 51.2 Å². The second-order valence-corrected chi connectivity index (χ2v) is 8.26. The van der Waals surface area contributed by atoms with Crippen LogP contribution in [0.25, 0.3) is 0 Å². The Balaban J connectivity index is 1.67. The van der Waals surface area contributed by atoms with E-state index >= 15 is 0 Å². The summed E-state index contributed by atoms with van der Waals surface area (Å²) >= 11 is 0. The molecule has 1 aromatic carbocycles. The number of piperidine rings is 1. The first-order chi connectivity index (χ1) is 13.5. The molecule has 0 aliphatic carbocycles. The number of benzene rings is 1. The summed E-state index contributed by atoms with van der Waals surface area (Å²) in [5, 5.41) is 4.14. The van der Waals surface area contributed by atoms with Crippen LogP contribution >= 0.6 is 0 Å². The molecule has 0 saturated carbocycles. The third-order valence-electron chi connectivity index (χ3n) is 4.51. The monoisotopic (exact) mass is 404 g/mol. The van der Waals surface area contributed by atoms with Crippen LogP contribution in [0.1, 0.15) is 24.8 Å². The van der Waals surface area contributed by atoms with Gasteiger partial charge in [0.15, 0.2) is 0 Å². The molecule has 150 valence electrons. The Hall–Kier alpha value is -2.65. The quantitative estimate of drug-likeness (QED) is 0.563. The smallest absolute Gasteiger partial charge is 0.244 e. The van der Waals surface area contributed by atoms with Crippen molar-refractivity contribution < 1.29 is 17.9 Å². The molecule has 1 aliphatic rings. The lowest BCUT2D eigenvalue weighted by Gasteiger charge is -2.25. The molecule has 0 radical (unpaired) electrons. The number of hydrogen-bond donors (Lipinski definition) is 1. The highest BCUT2D eigenvalue weighted by Gasteiger charge is 2.26. The summed E-state index contributed by atoms with van der Waals surface area (Å²) < 4.78 is 37.3. The van der Waals surface area contributed by atoms with Crippen LogP contribution in [0.4, 0.5) is 5.82 Å². The highest BCUT2D eigenvalue weighted by molar-refractivity contribution is 7.89. The minimum absolute atomic E-state index is 0.195. The van der Waals surface area contributed by atoms with Gasteiger partial charge < -0.3 is 9.47 Å². The first-order valence-electron chi connectivity index (χ1n) is 9.02. The molecule has 0 amide bonds. The Bertz CT molecular complexity index is 923. The van der Waals surface area contributed by atoms with Gasteiger partial charge in [-0.1, -0.05) is 6.42 Å². The molecule has 1 N–H and O–H groups in total. The average Bonchev–Trinajstić information content (AvgIpc) is 2.75. The maximum Gasteiger partial charge on any atom is 0.244 e. The summed E-state index contributed by atoms with van der Waals surface area (Å²) in [7, 11) is -0.321. The highest BCUT2D eigenvalue weighted by atomic mass is 32.2. The highest BCUT2D eigenvalue weighted by Crippen LogP contribution is 2.23. The number of hydrazone groups is 1. The molecule has 2 aromatic rings. The van der Waals surface area contributed by atoms with E-state index in [1.54, 1.807) is 38.6 Å². The van der Waals surface area contributed by atoms with E-state index in [9.17, 15) is 8.42 Å². The van der Waals surface area contributed by atoms with Crippen LogP contribution in [0, 0.1) is 0 Å². The number of ether oxygens (including phenoxy) is 2. The maximum atomic E-state index is 12.6. The van der Waals surface area contributed by atoms with Gasteiger partial charge in [-0.25, -0.2) is 13.4 Å². The second kappa shape index (κ2) is 9.03. The summed E-state index contributed by atoms with van der Waals surface area (Å²) in [4.78, 5) is 4.35. The Morgan fingerprint density at radius 2 is 1.89 bits per heavy atom. The standard InChI is InChI=1S/C19H24N4O4S/c1-26-16-7-6-15(18(12-16)27-2)13-21-22-19-9-8-17(14-20-19)28(24,25)23-10-4-3-5-11-23/h6-9,12-14H,3-5,10-11H2,1-2H3,(H,20,22)/b21-13+. The van der Waals surface area contributed by atoms with Crippen LogP contribution in [0.15, 0.2) is 46.5 Å². The molecule has 2 heterocycles. The number of hydrogen-bond acceptors (Lipinski definition) is 7. The Kier molecular flexibility index (Phi) is 6.48. The van der Waals surface area contributed by atoms with E-state index in [2.05, 4.69) is 15.5 Å². The van der Waals surface area contributed by atoms with Crippen molar-refractivity contribution in [1.82, 2.24) is 9.29 Å². The SMILES string of the molecule is COc1ccc(/C=N/Nc2ccc(S(=O)(=O)N3CCCCC3)cn2)c(OC)c1. The fraction of sp³-hybridized carbons (Fsp3) is 0.368. The molecule has 28 heavy (non-hydrogen) atoms. The Morgan fingerprint density at radius 1 is 1.11 bits per heavy atom. The number of sulfonamides is 1. The topological polar surface area (TPSA) is 93.1 Å². The number of pyridine rings is 1. The first-order valence-corrected chi connectivity index (χ1v) is 10.5. The molecular weight excluding hydrogens is 380 g/mol. The van der Waals surface area contributed by atoms with E-state index in [0.29, 0.717) is 30.4 Å². The van der Waals surface area contributed by atoms with Gasteiger partial charge in [0.1, 0.15) is 22.2 Å². The van der Waals surface area contributed by atoms with Crippen molar-refractivity contribution in [2.75, 3.05) is 32.7 Å². The van der Waals surface area contributed by atoms with E-state index < -0.39 is 10.0 Å². The largest absolute Gasteiger partial charge is 0.497 e. The molecule has 1 aliphatic heterocycles. The fourth-order valence-corrected chi connectivity index (χ4v) is 4.41. The van der Waals surface area contributed by atoms with Crippen LogP contribution < -0.4 is 14.9 Å². The van der Waals surface area contributed by atoms with Crippen molar-refractivity contribution in [3.05, 3.63) is 42.1 Å². The third-order valence-corrected chi connectivity index (χ3v) is 6.39. The minimum Gasteiger partial charge on any atom is -0.497 e. The van der Waals surface area contributed by atoms with Gasteiger partial charge in [0.2, 0.25) is 10.0 Å². The van der Waals surface area contributed by atoms with Crippen LogP contribution in [0.5, 0.6) is 11.5 Å². The van der Waals surface area contributed by atoms with Gasteiger partial charge >= 0.3 is 0 Å². The third kappa shape index (κ3) is 4.60. The first kappa shape index (κ1) is 20.1. The van der Waals surface area contributed by atoms with Crippen LogP contribution in [0.2, 0.25) is 0 Å². The molecular formula is C19H24N4O4S. The molecule has 9 heteroatoms. The molecule has 1 aromatic heterocycles. The average molecular weight is 404 g/mol. The molecule has 1 fully saturated rings. The predicted octanol–water partition coefficient (Wildman–Crippen LogP) is 2.72. The molecule has 1 saturated heterocycles. The van der Waals surface area contributed by atoms with Crippen molar-refractivity contribution in [2.24, 2.45) is 5.10 Å². The van der Waals surface area contributed by atoms with Crippen LogP contribution in [0.3, 0.4) is 0 Å². The summed E-state index contributed by atoms with van der Waals surface area (Å²) in [5.74, 6) is 1.76. The molecule has 3 rings (SSSR count). The number of nitrogens with zero attached hydrogens (tertiary/aromatic N) is 3. The van der Waals surface area contributed by atoms with E-state index in [1.807, 2.05) is 12.1 Å². The van der Waals surface area contributed by atoms with Gasteiger partial charge in [-0.3, -0.25) is 5.43 Å². The van der Waals surface area contributed by atoms with Crippen molar-refractivity contribution in [2.45, 2.75) is 24.2 Å². The van der Waals surface area contributed by atoms with Gasteiger partial charge in [0.25, 0.3) is 0 Å². The number of anilines is 1. The summed E-state index contributed by atoms with van der Waals surface area (Å²) in [6.07, 6.45) is 5.82. The van der Waals surface area contributed by atoms with Crippen molar-refractivity contribution in [3.63, 3.8) is 0 Å². The number of methoxy groups -OCH3 is 2. The lowest BCUT2D eigenvalue weighted by atomic mass is 10.2. The summed E-state index contributed by atoms with van der Waals surface area (Å²) in [6, 6.07) is 8.54. The molecule has 0 unspecified atom stereocenters. The van der Waals surface area contributed by atoms with E-state index in [1.165, 1.54) is 10.5 Å². The van der Waals surface area contributed by atoms with Gasteiger partial charge in [0.05, 0.1) is 20.4 Å². The zero-order chi connectivity index (χ0) is 20.0. The lowest BCUT2D eigenvalue weighted by Crippen LogP contribution is -2.35. The minimum atomic E-state index is -3.48. The Labute approximate surface area is 165 Å². The lowest BCUT2D eigenvalue weighted by molar-refractivity contribution is 0.346. The van der Waals surface area contributed by atoms with Crippen molar-refractivity contribution in [3.8, 4) is 11.5 Å². The zero-order valence-electron chi connectivity index (χ0n) is 16.0. The number of aromatic nitrogens is 1. The normalized spacial score (nSPS) is 15.5. The Morgan fingerprint density at radius 3 is 2.54 bits per heavy atom. The van der Waals surface area contributed by atoms with E-state index in [4.69, 9.17) is 9.47 Å². The van der Waals surface area contributed by atoms with Gasteiger partial charge in [-0.2, -0.15) is 9.41 Å². The van der Waals surface area contributed by atoms with Gasteiger partial charge in [0, 0.05) is 30.9 Å². The number of rotatable bonds is 7. The zero-order valence-corrected chi connectivity index (χ0v) is 16.8. The molecule has 8 nitrogen and oxygen atoms in total. The fourth-order valence-electron chi connectivity index (χ4n) is 2.95. The van der Waals surface area contributed by atoms with Crippen molar-refractivity contribution in [1.29, 1.82) is 0 Å². The molecule has 0 bridgehead atoms. The number of nitrogens with one attached hydrogen (secondary N) is 1. The molecule has 0 atom stereocenters. The van der Waals surface area contributed by atoms with Gasteiger partial charge in [-0.15, -0.1) is 0 Å². The summed E-state index contributed by atoms with van der Waals surface area (Å²) in [5.41, 5.74) is 3.56. The van der Waals surface area contributed by atoms with Crippen molar-refractivity contribution >= 4 is 22.1 Å². The predicted molar refractivity (Wildman–Crippen MR) is 108 cm³/mol. The van der Waals surface area contributed by atoms with E-state index in [-0.39, 0.29) is 4.90 Å². The van der Waals surface area contributed by atoms with Gasteiger partial charge in [-0.05, 0) is 37.1 Å². The molecule has 0 spiro atoms. The van der Waals surface area contributed by atoms with Crippen LogP contribution in [-0.2, 0) is 10.0 Å². The second-order valence-electron chi connectivity index (χ2n) is 6.32. The summed E-state index contributed by atoms with van der Waals surface area (Å²) in [6.45, 7) is 1.13.